The normalized spacial score (nSPS) is 16.7. The minimum Gasteiger partial charge on any atom is -0.545 e. The minimum atomic E-state index is -1.41. The first-order valence-corrected chi connectivity index (χ1v) is 8.67. The number of nitrogens with zero attached hydrogens (tertiary/aromatic N) is 2. The summed E-state index contributed by atoms with van der Waals surface area (Å²) in [5.41, 5.74) is 1.28. The van der Waals surface area contributed by atoms with Gasteiger partial charge in [-0.2, -0.15) is 0 Å². The Balaban J connectivity index is 2.12. The summed E-state index contributed by atoms with van der Waals surface area (Å²) in [5, 5.41) is 12.1. The third-order valence-electron chi connectivity index (χ3n) is 4.80. The van der Waals surface area contributed by atoms with Crippen LogP contribution in [0.25, 0.3) is 10.9 Å². The van der Waals surface area contributed by atoms with Gasteiger partial charge in [0.15, 0.2) is 0 Å². The third kappa shape index (κ3) is 2.84. The van der Waals surface area contributed by atoms with Gasteiger partial charge < -0.3 is 14.5 Å². The Morgan fingerprint density at radius 1 is 1.29 bits per heavy atom. The van der Waals surface area contributed by atoms with E-state index in [0.717, 1.165) is 48.8 Å². The van der Waals surface area contributed by atoms with E-state index < -0.39 is 11.5 Å². The highest BCUT2D eigenvalue weighted by Gasteiger charge is 2.26. The summed E-state index contributed by atoms with van der Waals surface area (Å²) in [7, 11) is 0. The predicted molar refractivity (Wildman–Crippen MR) is 92.2 cm³/mol. The number of carboxylic acids is 1. The summed E-state index contributed by atoms with van der Waals surface area (Å²) < 4.78 is 1.64. The number of aromatic carboxylic acids is 1. The van der Waals surface area contributed by atoms with E-state index in [0.29, 0.717) is 6.54 Å². The topological polar surface area (TPSA) is 65.4 Å². The second-order valence-corrected chi connectivity index (χ2v) is 6.51. The molecule has 0 fully saturated rings. The molecule has 0 saturated heterocycles. The number of rotatable bonds is 6. The molecule has 2 heterocycles. The fourth-order valence-electron chi connectivity index (χ4n) is 3.83. The van der Waals surface area contributed by atoms with Crippen LogP contribution in [0.15, 0.2) is 29.1 Å². The number of carboxylic acid groups (broad SMARTS) is 1. The van der Waals surface area contributed by atoms with Crippen molar-refractivity contribution in [2.45, 2.75) is 45.7 Å². The van der Waals surface area contributed by atoms with Crippen molar-refractivity contribution >= 4 is 16.9 Å². The lowest BCUT2D eigenvalue weighted by Crippen LogP contribution is -2.46. The molecule has 0 aliphatic carbocycles. The number of para-hydroxylation sites is 1. The van der Waals surface area contributed by atoms with Gasteiger partial charge in [-0.25, -0.2) is 0 Å². The Morgan fingerprint density at radius 3 is 2.62 bits per heavy atom. The molecule has 1 aliphatic rings. The molecule has 5 nitrogen and oxygen atoms in total. The summed E-state index contributed by atoms with van der Waals surface area (Å²) in [6, 6.07) is 7.50. The van der Waals surface area contributed by atoms with Gasteiger partial charge in [-0.1, -0.05) is 32.0 Å². The van der Waals surface area contributed by atoms with Crippen LogP contribution in [0, 0.1) is 0 Å². The molecular formula is C19H23N2O3-. The van der Waals surface area contributed by atoms with Crippen LogP contribution >= 0.6 is 0 Å². The maximum absolute atomic E-state index is 12.6. The Kier molecular flexibility index (Phi) is 4.71. The fourth-order valence-corrected chi connectivity index (χ4v) is 3.83. The molecule has 3 rings (SSSR count). The number of benzene rings is 1. The molecule has 1 aliphatic heterocycles. The number of carbonyl (C=O) groups excluding carboxylic acids is 1. The molecule has 1 unspecified atom stereocenters. The highest BCUT2D eigenvalue weighted by atomic mass is 16.4. The van der Waals surface area contributed by atoms with Gasteiger partial charge in [0.05, 0.1) is 17.0 Å². The monoisotopic (exact) mass is 327 g/mol. The van der Waals surface area contributed by atoms with Gasteiger partial charge >= 0.3 is 0 Å². The van der Waals surface area contributed by atoms with Crippen molar-refractivity contribution in [1.82, 2.24) is 9.47 Å². The minimum absolute atomic E-state index is 0.220. The van der Waals surface area contributed by atoms with Crippen LogP contribution in [-0.2, 0) is 13.0 Å². The predicted octanol–water partition coefficient (Wildman–Crippen LogP) is 1.41. The summed E-state index contributed by atoms with van der Waals surface area (Å²) in [6.45, 7) is 6.81. The quantitative estimate of drug-likeness (QED) is 0.805. The van der Waals surface area contributed by atoms with E-state index in [-0.39, 0.29) is 11.6 Å². The highest BCUT2D eigenvalue weighted by Crippen LogP contribution is 2.26. The highest BCUT2D eigenvalue weighted by molar-refractivity contribution is 5.92. The molecule has 1 atom stereocenters. The molecule has 5 heteroatoms. The van der Waals surface area contributed by atoms with Crippen molar-refractivity contribution in [3.63, 3.8) is 0 Å². The lowest BCUT2D eigenvalue weighted by atomic mass is 9.95. The number of carbonyl (C=O) groups is 1. The molecule has 2 aromatic rings. The molecule has 0 spiro atoms. The first kappa shape index (κ1) is 16.7. The summed E-state index contributed by atoms with van der Waals surface area (Å²) >= 11 is 0. The first-order chi connectivity index (χ1) is 11.6. The van der Waals surface area contributed by atoms with Crippen LogP contribution < -0.4 is 10.7 Å². The molecule has 0 N–H and O–H groups in total. The van der Waals surface area contributed by atoms with Gasteiger partial charge in [-0.05, 0) is 49.4 Å². The Hall–Kier alpha value is -2.14. The standard InChI is InChI=1S/C19H24N2O3/c1-3-8-20(9-4-2)15-10-13-6-5-7-14-11-16(19(23)24)18(22)21(12-15)17(13)14/h5-7,11,15H,3-4,8-10,12H2,1-2H3,(H,23,24)/p-1. The van der Waals surface area contributed by atoms with Crippen LogP contribution in [0.5, 0.6) is 0 Å². The molecule has 1 aromatic heterocycles. The average Bonchev–Trinajstić information content (AvgIpc) is 2.57. The Morgan fingerprint density at radius 2 is 2.00 bits per heavy atom. The summed E-state index contributed by atoms with van der Waals surface area (Å²) in [4.78, 5) is 26.4. The zero-order valence-corrected chi connectivity index (χ0v) is 14.2. The molecule has 0 radical (unpaired) electrons. The molecule has 24 heavy (non-hydrogen) atoms. The second-order valence-electron chi connectivity index (χ2n) is 6.51. The van der Waals surface area contributed by atoms with E-state index in [1.54, 1.807) is 4.57 Å². The van der Waals surface area contributed by atoms with E-state index >= 15 is 0 Å². The van der Waals surface area contributed by atoms with Crippen molar-refractivity contribution in [3.8, 4) is 0 Å². The Bertz CT molecular complexity index is 819. The lowest BCUT2D eigenvalue weighted by Gasteiger charge is -2.36. The van der Waals surface area contributed by atoms with Crippen molar-refractivity contribution in [2.75, 3.05) is 13.1 Å². The zero-order valence-electron chi connectivity index (χ0n) is 14.2. The van der Waals surface area contributed by atoms with E-state index in [1.807, 2.05) is 18.2 Å². The van der Waals surface area contributed by atoms with Gasteiger partial charge in [0.2, 0.25) is 0 Å². The van der Waals surface area contributed by atoms with Crippen LogP contribution in [-0.4, -0.2) is 34.6 Å². The van der Waals surface area contributed by atoms with E-state index in [2.05, 4.69) is 18.7 Å². The maximum atomic E-state index is 12.6. The third-order valence-corrected chi connectivity index (χ3v) is 4.80. The van der Waals surface area contributed by atoms with E-state index in [9.17, 15) is 14.7 Å². The van der Waals surface area contributed by atoms with Crippen LogP contribution in [0.1, 0.15) is 42.6 Å². The van der Waals surface area contributed by atoms with Crippen molar-refractivity contribution < 1.29 is 9.90 Å². The second kappa shape index (κ2) is 6.77. The van der Waals surface area contributed by atoms with Gasteiger partial charge in [-0.3, -0.25) is 9.69 Å². The van der Waals surface area contributed by atoms with Gasteiger partial charge in [0, 0.05) is 12.6 Å². The average molecular weight is 327 g/mol. The van der Waals surface area contributed by atoms with Crippen LogP contribution in [0.4, 0.5) is 0 Å². The molecule has 0 saturated carbocycles. The molecule has 128 valence electrons. The SMILES string of the molecule is CCCN(CCC)C1Cc2cccc3cc(C(=O)[O-])c(=O)n(c23)C1. The summed E-state index contributed by atoms with van der Waals surface area (Å²) in [5.74, 6) is -1.41. The maximum Gasteiger partial charge on any atom is 0.260 e. The lowest BCUT2D eigenvalue weighted by molar-refractivity contribution is -0.255. The molecular weight excluding hydrogens is 304 g/mol. The van der Waals surface area contributed by atoms with Gasteiger partial charge in [-0.15, -0.1) is 0 Å². The smallest absolute Gasteiger partial charge is 0.260 e. The molecule has 0 amide bonds. The number of hydrogen-bond acceptors (Lipinski definition) is 4. The van der Waals surface area contributed by atoms with E-state index in [1.165, 1.54) is 6.07 Å². The number of aromatic nitrogens is 1. The fraction of sp³-hybridized carbons (Fsp3) is 0.474. The Labute approximate surface area is 141 Å². The molecule has 0 bridgehead atoms. The van der Waals surface area contributed by atoms with Gasteiger partial charge in [0.25, 0.3) is 5.56 Å². The van der Waals surface area contributed by atoms with Crippen LogP contribution in [0.3, 0.4) is 0 Å². The van der Waals surface area contributed by atoms with Gasteiger partial charge in [0.1, 0.15) is 0 Å². The van der Waals surface area contributed by atoms with Crippen molar-refractivity contribution in [1.29, 1.82) is 0 Å². The van der Waals surface area contributed by atoms with E-state index in [4.69, 9.17) is 0 Å². The molecule has 1 aromatic carbocycles. The largest absolute Gasteiger partial charge is 0.545 e. The van der Waals surface area contributed by atoms with Crippen molar-refractivity contribution in [2.24, 2.45) is 0 Å². The summed E-state index contributed by atoms with van der Waals surface area (Å²) in [6.07, 6.45) is 3.00. The first-order valence-electron chi connectivity index (χ1n) is 8.67. The number of hydrogen-bond donors (Lipinski definition) is 0. The number of pyridine rings is 1. The van der Waals surface area contributed by atoms with Crippen LogP contribution in [0.2, 0.25) is 0 Å². The zero-order chi connectivity index (χ0) is 17.3. The van der Waals surface area contributed by atoms with Crippen molar-refractivity contribution in [3.05, 3.63) is 45.7 Å².